The third-order valence-corrected chi connectivity index (χ3v) is 5.41. The molecule has 0 bridgehead atoms. The third kappa shape index (κ3) is 4.49. The fourth-order valence-electron chi connectivity index (χ4n) is 3.43. The number of ether oxygens (including phenoxy) is 2. The fourth-order valence-corrected chi connectivity index (χ4v) is 3.69. The second kappa shape index (κ2) is 9.38. The molecule has 8 heteroatoms. The van der Waals surface area contributed by atoms with Crippen molar-refractivity contribution in [3.05, 3.63) is 93.1 Å². The zero-order chi connectivity index (χ0) is 24.4. The van der Waals surface area contributed by atoms with Gasteiger partial charge in [-0.25, -0.2) is 9.18 Å². The zero-order valence-electron chi connectivity index (χ0n) is 18.1. The molecule has 4 rings (SSSR count). The van der Waals surface area contributed by atoms with E-state index in [-0.39, 0.29) is 38.6 Å². The number of nitriles is 1. The molecule has 0 aliphatic rings. The smallest absolute Gasteiger partial charge is 0.352 e. The van der Waals surface area contributed by atoms with Crippen molar-refractivity contribution in [1.82, 2.24) is 0 Å². The molecular formula is C26H17ClFNO5. The summed E-state index contributed by atoms with van der Waals surface area (Å²) in [6.45, 7) is 3.06. The third-order valence-electron chi connectivity index (χ3n) is 5.10. The number of nitrogens with zero attached hydrogens (tertiary/aromatic N) is 1. The summed E-state index contributed by atoms with van der Waals surface area (Å²) < 4.78 is 31.1. The van der Waals surface area contributed by atoms with Gasteiger partial charge >= 0.3 is 5.97 Å². The first-order valence-electron chi connectivity index (χ1n) is 10.2. The first kappa shape index (κ1) is 23.0. The highest BCUT2D eigenvalue weighted by molar-refractivity contribution is 6.33. The molecule has 0 radical (unpaired) electrons. The average Bonchev–Trinajstić information content (AvgIpc) is 2.81. The summed E-state index contributed by atoms with van der Waals surface area (Å²) in [5.74, 6) is -0.581. The van der Waals surface area contributed by atoms with Crippen LogP contribution in [0, 0.1) is 24.1 Å². The fraction of sp³-hybridized carbons (Fsp3) is 0.115. The maximum absolute atomic E-state index is 14.4. The first-order chi connectivity index (χ1) is 16.3. The molecule has 34 heavy (non-hydrogen) atoms. The Kier molecular flexibility index (Phi) is 6.35. The zero-order valence-corrected chi connectivity index (χ0v) is 18.9. The van der Waals surface area contributed by atoms with Gasteiger partial charge in [0.05, 0.1) is 27.6 Å². The van der Waals surface area contributed by atoms with E-state index in [4.69, 9.17) is 30.8 Å². The maximum Gasteiger partial charge on any atom is 0.352 e. The van der Waals surface area contributed by atoms with Crippen molar-refractivity contribution in [3.63, 3.8) is 0 Å². The summed E-state index contributed by atoms with van der Waals surface area (Å²) in [5, 5.41) is 9.13. The molecule has 6 nitrogen and oxygen atoms in total. The molecule has 1 aromatic heterocycles. The van der Waals surface area contributed by atoms with Gasteiger partial charge in [0.15, 0.2) is 6.10 Å². The van der Waals surface area contributed by atoms with E-state index < -0.39 is 23.3 Å². The maximum atomic E-state index is 14.4. The Balaban J connectivity index is 1.59. The highest BCUT2D eigenvalue weighted by Crippen LogP contribution is 2.33. The number of rotatable bonds is 5. The van der Waals surface area contributed by atoms with E-state index in [0.717, 1.165) is 0 Å². The molecule has 3 aromatic carbocycles. The molecule has 0 aliphatic heterocycles. The Morgan fingerprint density at radius 2 is 1.79 bits per heavy atom. The van der Waals surface area contributed by atoms with Crippen LogP contribution in [0.25, 0.3) is 22.1 Å². The van der Waals surface area contributed by atoms with Crippen molar-refractivity contribution in [1.29, 1.82) is 5.26 Å². The predicted octanol–water partition coefficient (Wildman–Crippen LogP) is 5.81. The van der Waals surface area contributed by atoms with Gasteiger partial charge in [0.1, 0.15) is 28.7 Å². The lowest BCUT2D eigenvalue weighted by Gasteiger charge is -2.14. The molecule has 0 saturated heterocycles. The van der Waals surface area contributed by atoms with Gasteiger partial charge in [-0.3, -0.25) is 4.79 Å². The number of fused-ring (bicyclic) bond motifs is 1. The Morgan fingerprint density at radius 1 is 1.09 bits per heavy atom. The number of aryl methyl sites for hydroxylation is 1. The van der Waals surface area contributed by atoms with Crippen LogP contribution in [0.3, 0.4) is 0 Å². The van der Waals surface area contributed by atoms with Crippen molar-refractivity contribution >= 4 is 28.5 Å². The molecule has 1 heterocycles. The van der Waals surface area contributed by atoms with Gasteiger partial charge in [-0.15, -0.1) is 0 Å². The summed E-state index contributed by atoms with van der Waals surface area (Å²) in [4.78, 5) is 25.6. The van der Waals surface area contributed by atoms with Crippen LogP contribution in [-0.2, 0) is 4.79 Å². The van der Waals surface area contributed by atoms with Crippen LogP contribution >= 0.6 is 11.6 Å². The molecule has 0 fully saturated rings. The summed E-state index contributed by atoms with van der Waals surface area (Å²) in [7, 11) is 0. The first-order valence-corrected chi connectivity index (χ1v) is 10.6. The molecular weight excluding hydrogens is 461 g/mol. The topological polar surface area (TPSA) is 89.5 Å². The number of esters is 1. The molecule has 0 N–H and O–H groups in total. The minimum Gasteiger partial charge on any atom is -0.479 e. The summed E-state index contributed by atoms with van der Waals surface area (Å²) in [5.41, 5.74) is 0.188. The lowest BCUT2D eigenvalue weighted by molar-refractivity contribution is -0.141. The van der Waals surface area contributed by atoms with Gasteiger partial charge in [-0.05, 0) is 62.4 Å². The van der Waals surface area contributed by atoms with Gasteiger partial charge in [0, 0.05) is 11.6 Å². The van der Waals surface area contributed by atoms with Crippen molar-refractivity contribution in [2.75, 3.05) is 0 Å². The number of carbonyl (C=O) groups excluding carboxylic acids is 1. The quantitative estimate of drug-likeness (QED) is 0.266. The molecule has 0 saturated carbocycles. The second-order valence-corrected chi connectivity index (χ2v) is 7.84. The number of halogens is 2. The number of carbonyl (C=O) groups is 1. The molecule has 0 amide bonds. The molecule has 4 aromatic rings. The second-order valence-electron chi connectivity index (χ2n) is 7.43. The van der Waals surface area contributed by atoms with Crippen LogP contribution in [0.5, 0.6) is 11.5 Å². The molecule has 0 aliphatic carbocycles. The average molecular weight is 478 g/mol. The van der Waals surface area contributed by atoms with E-state index in [1.807, 2.05) is 6.07 Å². The van der Waals surface area contributed by atoms with E-state index in [1.165, 1.54) is 50.2 Å². The van der Waals surface area contributed by atoms with E-state index in [2.05, 4.69) is 0 Å². The normalized spacial score (nSPS) is 11.6. The van der Waals surface area contributed by atoms with E-state index in [0.29, 0.717) is 11.3 Å². The largest absolute Gasteiger partial charge is 0.479 e. The van der Waals surface area contributed by atoms with Crippen LogP contribution in [0.2, 0.25) is 5.02 Å². The standard InChI is InChI=1S/C26H17ClFNO5/c1-14-23(24-20(27)4-3-5-21(24)28)25(30)19-11-10-18(12-22(19)33-14)34-26(31)15(2)32-17-8-6-16(13-29)7-9-17/h3-12,15H,1-2H3. The number of benzene rings is 3. The number of hydrogen-bond acceptors (Lipinski definition) is 6. The SMILES string of the molecule is Cc1oc2cc(OC(=O)C(C)Oc3ccc(C#N)cc3)ccc2c(=O)c1-c1c(F)cccc1Cl. The molecule has 1 atom stereocenters. The van der Waals surface area contributed by atoms with Gasteiger partial charge in [-0.1, -0.05) is 17.7 Å². The molecule has 170 valence electrons. The highest BCUT2D eigenvalue weighted by Gasteiger charge is 2.21. The predicted molar refractivity (Wildman–Crippen MR) is 125 cm³/mol. The van der Waals surface area contributed by atoms with Crippen LogP contribution in [0.1, 0.15) is 18.2 Å². The van der Waals surface area contributed by atoms with Crippen LogP contribution in [0.15, 0.2) is 69.9 Å². The van der Waals surface area contributed by atoms with Crippen molar-refractivity contribution < 1.29 is 23.1 Å². The van der Waals surface area contributed by atoms with Gasteiger partial charge in [0.2, 0.25) is 5.43 Å². The lowest BCUT2D eigenvalue weighted by atomic mass is 10.0. The van der Waals surface area contributed by atoms with Crippen LogP contribution < -0.4 is 14.9 Å². The summed E-state index contributed by atoms with van der Waals surface area (Å²) in [6.07, 6.45) is -0.942. The van der Waals surface area contributed by atoms with E-state index in [9.17, 15) is 14.0 Å². The molecule has 1 unspecified atom stereocenters. The summed E-state index contributed by atoms with van der Waals surface area (Å²) in [6, 6.07) is 16.7. The minimum absolute atomic E-state index is 0.0263. The van der Waals surface area contributed by atoms with Crippen molar-refractivity contribution in [2.24, 2.45) is 0 Å². The lowest BCUT2D eigenvalue weighted by Crippen LogP contribution is -2.28. The van der Waals surface area contributed by atoms with Crippen LogP contribution in [-0.4, -0.2) is 12.1 Å². The Labute approximate surface area is 198 Å². The Morgan fingerprint density at radius 3 is 2.47 bits per heavy atom. The molecule has 0 spiro atoms. The summed E-state index contributed by atoms with van der Waals surface area (Å²) >= 11 is 6.14. The highest BCUT2D eigenvalue weighted by atomic mass is 35.5. The Hall–Kier alpha value is -4.15. The van der Waals surface area contributed by atoms with Gasteiger partial charge in [-0.2, -0.15) is 5.26 Å². The van der Waals surface area contributed by atoms with Crippen LogP contribution in [0.4, 0.5) is 4.39 Å². The van der Waals surface area contributed by atoms with Crippen molar-refractivity contribution in [3.8, 4) is 28.7 Å². The number of hydrogen-bond donors (Lipinski definition) is 0. The van der Waals surface area contributed by atoms with Crippen molar-refractivity contribution in [2.45, 2.75) is 20.0 Å². The Bertz CT molecular complexity index is 1480. The van der Waals surface area contributed by atoms with E-state index >= 15 is 0 Å². The monoisotopic (exact) mass is 477 g/mol. The van der Waals surface area contributed by atoms with E-state index in [1.54, 1.807) is 24.3 Å². The van der Waals surface area contributed by atoms with Gasteiger partial charge < -0.3 is 13.9 Å². The minimum atomic E-state index is -0.942. The van der Waals surface area contributed by atoms with Gasteiger partial charge in [0.25, 0.3) is 0 Å².